The van der Waals surface area contributed by atoms with Gasteiger partial charge in [0, 0.05) is 19.8 Å². The third-order valence-electron chi connectivity index (χ3n) is 3.07. The molecular formula is C10H22O4Si. The maximum atomic E-state index is 5.61. The highest BCUT2D eigenvalue weighted by Crippen LogP contribution is 2.27. The molecule has 2 atom stereocenters. The van der Waals surface area contributed by atoms with E-state index in [2.05, 4.69) is 13.5 Å². The average Bonchev–Trinajstić information content (AvgIpc) is 3.07. The minimum absolute atomic E-state index is 0.334. The molecule has 0 aromatic heterocycles. The second-order valence-electron chi connectivity index (χ2n) is 4.02. The summed E-state index contributed by atoms with van der Waals surface area (Å²) < 4.78 is 21.7. The second kappa shape index (κ2) is 5.96. The van der Waals surface area contributed by atoms with Gasteiger partial charge in [0.1, 0.15) is 6.10 Å². The van der Waals surface area contributed by atoms with Crippen molar-refractivity contribution in [3.05, 3.63) is 0 Å². The quantitative estimate of drug-likeness (QED) is 0.472. The summed E-state index contributed by atoms with van der Waals surface area (Å²) in [6, 6.07) is 0. The van der Waals surface area contributed by atoms with Crippen LogP contribution in [-0.2, 0) is 18.3 Å². The van der Waals surface area contributed by atoms with E-state index in [-0.39, 0.29) is 0 Å². The Balaban J connectivity index is 2.30. The van der Waals surface area contributed by atoms with E-state index in [4.69, 9.17) is 18.3 Å². The Hall–Kier alpha value is 0.0569. The van der Waals surface area contributed by atoms with Crippen LogP contribution in [0.5, 0.6) is 0 Å². The Kier molecular flexibility index (Phi) is 5.21. The van der Waals surface area contributed by atoms with Crippen molar-refractivity contribution in [3.8, 4) is 0 Å². The molecule has 1 aliphatic rings. The van der Waals surface area contributed by atoms with E-state index >= 15 is 0 Å². The van der Waals surface area contributed by atoms with Gasteiger partial charge in [-0.25, -0.2) is 0 Å². The summed E-state index contributed by atoms with van der Waals surface area (Å²) >= 11 is 0. The lowest BCUT2D eigenvalue weighted by atomic mass is 10.3. The molecule has 1 rings (SSSR count). The third kappa shape index (κ3) is 3.84. The number of hydrogen-bond donors (Lipinski definition) is 0. The van der Waals surface area contributed by atoms with Crippen molar-refractivity contribution in [2.45, 2.75) is 31.5 Å². The molecule has 90 valence electrons. The minimum Gasteiger partial charge on any atom is -0.398 e. The molecule has 4 nitrogen and oxygen atoms in total. The summed E-state index contributed by atoms with van der Waals surface area (Å²) in [6.07, 6.45) is 1.36. The lowest BCUT2D eigenvalue weighted by molar-refractivity contribution is 0.100. The molecule has 0 aromatic rings. The zero-order valence-corrected chi connectivity index (χ0v) is 11.1. The summed E-state index contributed by atoms with van der Waals surface area (Å²) in [5.41, 5.74) is 0.381. The second-order valence-corrected chi connectivity index (χ2v) is 7.69. The van der Waals surface area contributed by atoms with E-state index in [0.717, 1.165) is 13.0 Å². The van der Waals surface area contributed by atoms with Crippen LogP contribution >= 0.6 is 0 Å². The molecule has 5 heteroatoms. The monoisotopic (exact) mass is 234 g/mol. The van der Waals surface area contributed by atoms with Gasteiger partial charge in [-0.3, -0.25) is 0 Å². The Morgan fingerprint density at radius 1 is 1.40 bits per heavy atom. The fourth-order valence-electron chi connectivity index (χ4n) is 1.56. The van der Waals surface area contributed by atoms with Crippen LogP contribution in [0, 0.1) is 0 Å². The molecule has 0 aliphatic carbocycles. The fraction of sp³-hybridized carbons (Fsp3) is 1.00. The predicted molar refractivity (Wildman–Crippen MR) is 60.2 cm³/mol. The molecule has 1 saturated heterocycles. The van der Waals surface area contributed by atoms with Gasteiger partial charge in [-0.1, -0.05) is 6.92 Å². The lowest BCUT2D eigenvalue weighted by Crippen LogP contribution is -2.43. The van der Waals surface area contributed by atoms with Crippen molar-refractivity contribution >= 4 is 8.56 Å². The first kappa shape index (κ1) is 13.1. The van der Waals surface area contributed by atoms with Crippen LogP contribution in [0.3, 0.4) is 0 Å². The molecular weight excluding hydrogens is 212 g/mol. The Morgan fingerprint density at radius 3 is 2.40 bits per heavy atom. The highest BCUT2D eigenvalue weighted by atomic mass is 28.4. The van der Waals surface area contributed by atoms with Crippen LogP contribution < -0.4 is 0 Å². The standard InChI is InChI=1S/C10H22O4Si/c1-5-10(15(4,11-2)12-3)8-13-6-9-7-14-9/h9-10H,5-8H2,1-4H3. The third-order valence-corrected chi connectivity index (χ3v) is 6.75. The van der Waals surface area contributed by atoms with Gasteiger partial charge < -0.3 is 18.3 Å². The van der Waals surface area contributed by atoms with Crippen molar-refractivity contribution in [2.24, 2.45) is 0 Å². The average molecular weight is 234 g/mol. The Morgan fingerprint density at radius 2 is 2.00 bits per heavy atom. The highest BCUT2D eigenvalue weighted by Gasteiger charge is 2.38. The maximum absolute atomic E-state index is 5.61. The van der Waals surface area contributed by atoms with Crippen molar-refractivity contribution in [2.75, 3.05) is 34.0 Å². The molecule has 0 N–H and O–H groups in total. The van der Waals surface area contributed by atoms with Crippen LogP contribution in [0.1, 0.15) is 13.3 Å². The molecule has 0 aromatic carbocycles. The first-order chi connectivity index (χ1) is 7.16. The predicted octanol–water partition coefficient (Wildman–Crippen LogP) is 1.55. The number of hydrogen-bond acceptors (Lipinski definition) is 4. The molecule has 0 radical (unpaired) electrons. The molecule has 0 saturated carbocycles. The van der Waals surface area contributed by atoms with Gasteiger partial charge >= 0.3 is 8.56 Å². The van der Waals surface area contributed by atoms with Crippen LogP contribution in [0.25, 0.3) is 0 Å². The number of epoxide rings is 1. The van der Waals surface area contributed by atoms with E-state index in [1.165, 1.54) is 0 Å². The first-order valence-electron chi connectivity index (χ1n) is 5.46. The molecule has 0 amide bonds. The van der Waals surface area contributed by atoms with Crippen LogP contribution in [0.4, 0.5) is 0 Å². The van der Waals surface area contributed by atoms with Gasteiger partial charge in [0.2, 0.25) is 0 Å². The number of ether oxygens (including phenoxy) is 2. The van der Waals surface area contributed by atoms with Gasteiger partial charge in [-0.05, 0) is 13.0 Å². The molecule has 15 heavy (non-hydrogen) atoms. The summed E-state index contributed by atoms with van der Waals surface area (Å²) in [6.45, 7) is 6.48. The molecule has 0 bridgehead atoms. The largest absolute Gasteiger partial charge is 0.398 e. The van der Waals surface area contributed by atoms with Gasteiger partial charge in [-0.2, -0.15) is 0 Å². The van der Waals surface area contributed by atoms with Gasteiger partial charge in [0.15, 0.2) is 0 Å². The summed E-state index contributed by atoms with van der Waals surface area (Å²) in [5.74, 6) is 0. The molecule has 0 spiro atoms. The van der Waals surface area contributed by atoms with Gasteiger partial charge in [-0.15, -0.1) is 0 Å². The van der Waals surface area contributed by atoms with Crippen LogP contribution in [0.2, 0.25) is 12.1 Å². The van der Waals surface area contributed by atoms with E-state index < -0.39 is 8.56 Å². The normalized spacial score (nSPS) is 22.8. The van der Waals surface area contributed by atoms with Crippen molar-refractivity contribution in [1.29, 1.82) is 0 Å². The minimum atomic E-state index is -2.04. The summed E-state index contributed by atoms with van der Waals surface area (Å²) in [5, 5.41) is 0. The summed E-state index contributed by atoms with van der Waals surface area (Å²) in [7, 11) is 1.40. The van der Waals surface area contributed by atoms with E-state index in [9.17, 15) is 0 Å². The zero-order valence-electron chi connectivity index (χ0n) is 10.1. The van der Waals surface area contributed by atoms with Crippen molar-refractivity contribution < 1.29 is 18.3 Å². The summed E-state index contributed by atoms with van der Waals surface area (Å²) in [4.78, 5) is 0. The first-order valence-corrected chi connectivity index (χ1v) is 7.85. The highest BCUT2D eigenvalue weighted by molar-refractivity contribution is 6.67. The smallest absolute Gasteiger partial charge is 0.339 e. The lowest BCUT2D eigenvalue weighted by Gasteiger charge is -2.30. The van der Waals surface area contributed by atoms with E-state index in [0.29, 0.717) is 24.9 Å². The topological polar surface area (TPSA) is 40.2 Å². The van der Waals surface area contributed by atoms with Crippen molar-refractivity contribution in [1.82, 2.24) is 0 Å². The SMILES string of the molecule is CCC(COCC1CO1)[Si](C)(OC)OC. The van der Waals surface area contributed by atoms with Gasteiger partial charge in [0.05, 0.1) is 19.8 Å². The Bertz CT molecular complexity index is 180. The van der Waals surface area contributed by atoms with Crippen LogP contribution in [-0.4, -0.2) is 48.7 Å². The molecule has 1 fully saturated rings. The molecule has 1 heterocycles. The van der Waals surface area contributed by atoms with Crippen LogP contribution in [0.15, 0.2) is 0 Å². The fourth-order valence-corrected chi connectivity index (χ4v) is 3.56. The molecule has 1 aliphatic heterocycles. The van der Waals surface area contributed by atoms with E-state index in [1.54, 1.807) is 14.2 Å². The molecule has 2 unspecified atom stereocenters. The number of rotatable bonds is 8. The zero-order chi connectivity index (χ0) is 11.3. The Labute approximate surface area is 93.1 Å². The van der Waals surface area contributed by atoms with Gasteiger partial charge in [0.25, 0.3) is 0 Å². The van der Waals surface area contributed by atoms with Crippen molar-refractivity contribution in [3.63, 3.8) is 0 Å². The van der Waals surface area contributed by atoms with E-state index in [1.807, 2.05) is 0 Å². The maximum Gasteiger partial charge on any atom is 0.339 e.